The Morgan fingerprint density at radius 2 is 1.92 bits per heavy atom. The molecule has 0 amide bonds. The van der Waals surface area contributed by atoms with E-state index < -0.39 is 0 Å². The second-order valence-corrected chi connectivity index (χ2v) is 7.46. The molecule has 134 valence electrons. The summed E-state index contributed by atoms with van der Waals surface area (Å²) in [7, 11) is 1.78. The Labute approximate surface area is 155 Å². The molecule has 5 heteroatoms. The largest absolute Gasteiger partial charge is 0.356 e. The van der Waals surface area contributed by atoms with Crippen molar-refractivity contribution in [1.29, 1.82) is 0 Å². The van der Waals surface area contributed by atoms with Gasteiger partial charge in [-0.05, 0) is 48.6 Å². The van der Waals surface area contributed by atoms with E-state index in [1.807, 2.05) is 43.3 Å². The Morgan fingerprint density at radius 1 is 1.16 bits per heavy atom. The molecule has 2 N–H and O–H groups in total. The summed E-state index contributed by atoms with van der Waals surface area (Å²) < 4.78 is 0. The van der Waals surface area contributed by atoms with Crippen molar-refractivity contribution in [1.82, 2.24) is 15.6 Å². The minimum Gasteiger partial charge on any atom is -0.356 e. The maximum atomic E-state index is 6.08. The molecule has 0 bridgehead atoms. The van der Waals surface area contributed by atoms with Gasteiger partial charge in [-0.3, -0.25) is 9.98 Å². The van der Waals surface area contributed by atoms with Crippen LogP contribution >= 0.6 is 11.6 Å². The molecular weight excluding hydrogens is 332 g/mol. The summed E-state index contributed by atoms with van der Waals surface area (Å²) in [6.45, 7) is 7.91. The first kappa shape index (κ1) is 19.3. The van der Waals surface area contributed by atoms with Gasteiger partial charge in [0.2, 0.25) is 0 Å². The van der Waals surface area contributed by atoms with Crippen LogP contribution in [0.4, 0.5) is 0 Å². The van der Waals surface area contributed by atoms with Gasteiger partial charge in [0.15, 0.2) is 5.96 Å². The van der Waals surface area contributed by atoms with Gasteiger partial charge in [-0.15, -0.1) is 0 Å². The van der Waals surface area contributed by atoms with Gasteiger partial charge in [0.05, 0.1) is 12.2 Å². The third-order valence-corrected chi connectivity index (χ3v) is 4.15. The van der Waals surface area contributed by atoms with Gasteiger partial charge >= 0.3 is 0 Å². The number of pyridine rings is 1. The quantitative estimate of drug-likeness (QED) is 0.606. The second-order valence-electron chi connectivity index (χ2n) is 7.02. The van der Waals surface area contributed by atoms with E-state index in [0.29, 0.717) is 6.54 Å². The highest BCUT2D eigenvalue weighted by Gasteiger charge is 2.19. The van der Waals surface area contributed by atoms with E-state index in [0.717, 1.165) is 35.3 Å². The lowest BCUT2D eigenvalue weighted by Crippen LogP contribution is -2.42. The molecule has 0 spiro atoms. The first-order chi connectivity index (χ1) is 11.9. The summed E-state index contributed by atoms with van der Waals surface area (Å²) in [4.78, 5) is 8.79. The zero-order valence-corrected chi connectivity index (χ0v) is 16.2. The van der Waals surface area contributed by atoms with Crippen LogP contribution in [0.2, 0.25) is 5.02 Å². The Kier molecular flexibility index (Phi) is 6.82. The van der Waals surface area contributed by atoms with Crippen molar-refractivity contribution in [2.45, 2.75) is 33.7 Å². The van der Waals surface area contributed by atoms with Crippen molar-refractivity contribution in [3.8, 4) is 0 Å². The first-order valence-corrected chi connectivity index (χ1v) is 8.87. The van der Waals surface area contributed by atoms with Crippen molar-refractivity contribution in [2.24, 2.45) is 10.4 Å². The maximum Gasteiger partial charge on any atom is 0.191 e. The van der Waals surface area contributed by atoms with E-state index in [4.69, 9.17) is 11.6 Å². The molecule has 0 aliphatic carbocycles. The smallest absolute Gasteiger partial charge is 0.191 e. The zero-order chi connectivity index (χ0) is 18.3. The van der Waals surface area contributed by atoms with E-state index in [9.17, 15) is 0 Å². The average Bonchev–Trinajstić information content (AvgIpc) is 2.54. The number of nitrogens with one attached hydrogen (secondary N) is 2. The normalized spacial score (nSPS) is 12.1. The molecule has 0 unspecified atom stereocenters. The topological polar surface area (TPSA) is 49.3 Å². The van der Waals surface area contributed by atoms with Gasteiger partial charge in [0, 0.05) is 24.3 Å². The lowest BCUT2D eigenvalue weighted by atomic mass is 9.86. The fourth-order valence-electron chi connectivity index (χ4n) is 2.68. The molecule has 0 aliphatic heterocycles. The number of halogens is 1. The van der Waals surface area contributed by atoms with Crippen LogP contribution in [-0.2, 0) is 13.0 Å². The molecule has 2 rings (SSSR count). The van der Waals surface area contributed by atoms with Crippen LogP contribution in [0.15, 0.2) is 47.5 Å². The second kappa shape index (κ2) is 8.86. The summed E-state index contributed by atoms with van der Waals surface area (Å²) in [5.41, 5.74) is 3.33. The van der Waals surface area contributed by atoms with Crippen LogP contribution in [-0.4, -0.2) is 24.5 Å². The number of aliphatic imine (C=N–C) groups is 1. The van der Waals surface area contributed by atoms with Crippen LogP contribution in [0.5, 0.6) is 0 Å². The fourth-order valence-corrected chi connectivity index (χ4v) is 2.89. The van der Waals surface area contributed by atoms with E-state index in [1.165, 1.54) is 5.56 Å². The SMILES string of the molecule is CN=C(NCc1cccc(C)n1)NCC(C)(C)Cc1cccc(Cl)c1. The maximum absolute atomic E-state index is 6.08. The Bertz CT molecular complexity index is 725. The molecule has 25 heavy (non-hydrogen) atoms. The number of aryl methyl sites for hydroxylation is 1. The Balaban J connectivity index is 1.86. The summed E-state index contributed by atoms with van der Waals surface area (Å²) in [6, 6.07) is 14.1. The zero-order valence-electron chi connectivity index (χ0n) is 15.4. The van der Waals surface area contributed by atoms with Gasteiger partial charge in [-0.1, -0.05) is 43.6 Å². The van der Waals surface area contributed by atoms with Crippen LogP contribution in [0, 0.1) is 12.3 Å². The molecule has 1 heterocycles. The summed E-state index contributed by atoms with van der Waals surface area (Å²) >= 11 is 6.08. The van der Waals surface area contributed by atoms with Gasteiger partial charge < -0.3 is 10.6 Å². The van der Waals surface area contributed by atoms with Crippen LogP contribution in [0.3, 0.4) is 0 Å². The number of hydrogen-bond acceptors (Lipinski definition) is 2. The summed E-state index contributed by atoms with van der Waals surface area (Å²) in [6.07, 6.45) is 0.941. The van der Waals surface area contributed by atoms with Gasteiger partial charge in [0.25, 0.3) is 0 Å². The van der Waals surface area contributed by atoms with E-state index >= 15 is 0 Å². The van der Waals surface area contributed by atoms with Crippen LogP contribution < -0.4 is 10.6 Å². The third-order valence-electron chi connectivity index (χ3n) is 3.91. The van der Waals surface area contributed by atoms with E-state index in [-0.39, 0.29) is 5.41 Å². The molecule has 1 aromatic carbocycles. The van der Waals surface area contributed by atoms with Gasteiger partial charge in [-0.25, -0.2) is 0 Å². The number of nitrogens with zero attached hydrogens (tertiary/aromatic N) is 2. The minimum atomic E-state index is 0.0733. The van der Waals surface area contributed by atoms with Crippen molar-refractivity contribution < 1.29 is 0 Å². The molecule has 0 radical (unpaired) electrons. The fraction of sp³-hybridized carbons (Fsp3) is 0.400. The van der Waals surface area contributed by atoms with Crippen LogP contribution in [0.25, 0.3) is 0 Å². The third kappa shape index (κ3) is 6.75. The number of guanidine groups is 1. The lowest BCUT2D eigenvalue weighted by Gasteiger charge is -2.26. The standard InChI is InChI=1S/C20H27ClN4/c1-15-7-5-10-18(25-15)13-23-19(22-4)24-14-20(2,3)12-16-8-6-9-17(21)11-16/h5-11H,12-14H2,1-4H3,(H2,22,23,24). The number of rotatable bonds is 6. The number of benzene rings is 1. The predicted octanol–water partition coefficient (Wildman–Crippen LogP) is 3.98. The Hall–Kier alpha value is -2.07. The summed E-state index contributed by atoms with van der Waals surface area (Å²) in [5.74, 6) is 0.780. The molecule has 4 nitrogen and oxygen atoms in total. The first-order valence-electron chi connectivity index (χ1n) is 8.49. The lowest BCUT2D eigenvalue weighted by molar-refractivity contribution is 0.359. The predicted molar refractivity (Wildman–Crippen MR) is 106 cm³/mol. The molecule has 0 fully saturated rings. The molecule has 0 aliphatic rings. The highest BCUT2D eigenvalue weighted by atomic mass is 35.5. The molecule has 1 aromatic heterocycles. The molecule has 0 saturated carbocycles. The molecular formula is C20H27ClN4. The highest BCUT2D eigenvalue weighted by Crippen LogP contribution is 2.22. The van der Waals surface area contributed by atoms with Crippen molar-refractivity contribution in [2.75, 3.05) is 13.6 Å². The van der Waals surface area contributed by atoms with Crippen molar-refractivity contribution >= 4 is 17.6 Å². The molecule has 0 saturated heterocycles. The van der Waals surface area contributed by atoms with Gasteiger partial charge in [-0.2, -0.15) is 0 Å². The van der Waals surface area contributed by atoms with E-state index in [1.54, 1.807) is 7.05 Å². The number of aromatic nitrogens is 1. The van der Waals surface area contributed by atoms with Crippen LogP contribution in [0.1, 0.15) is 30.8 Å². The minimum absolute atomic E-state index is 0.0733. The highest BCUT2D eigenvalue weighted by molar-refractivity contribution is 6.30. The van der Waals surface area contributed by atoms with Gasteiger partial charge in [0.1, 0.15) is 0 Å². The monoisotopic (exact) mass is 358 g/mol. The number of hydrogen-bond donors (Lipinski definition) is 2. The van der Waals surface area contributed by atoms with Crippen molar-refractivity contribution in [3.05, 3.63) is 64.4 Å². The Morgan fingerprint density at radius 3 is 2.60 bits per heavy atom. The molecule has 0 atom stereocenters. The van der Waals surface area contributed by atoms with Crippen molar-refractivity contribution in [3.63, 3.8) is 0 Å². The van der Waals surface area contributed by atoms with E-state index in [2.05, 4.69) is 40.5 Å². The molecule has 2 aromatic rings. The average molecular weight is 359 g/mol. The summed E-state index contributed by atoms with van der Waals surface area (Å²) in [5, 5.41) is 7.50.